The molecule has 1 N–H and O–H groups in total. The first kappa shape index (κ1) is 23.5. The topological polar surface area (TPSA) is 27.7 Å². The predicted octanol–water partition coefficient (Wildman–Crippen LogP) is 5.76. The quantitative estimate of drug-likeness (QED) is 0.388. The Labute approximate surface area is 189 Å². The largest absolute Gasteiger partial charge is 0.409 e. The number of anilines is 2. The van der Waals surface area contributed by atoms with Gasteiger partial charge in [0.2, 0.25) is 0 Å². The van der Waals surface area contributed by atoms with Crippen LogP contribution in [0.25, 0.3) is 0 Å². The van der Waals surface area contributed by atoms with E-state index in [2.05, 4.69) is 93.2 Å². The Balaban J connectivity index is 1.58. The zero-order chi connectivity index (χ0) is 22.4. The summed E-state index contributed by atoms with van der Waals surface area (Å²) in [6.07, 6.45) is 2.40. The Morgan fingerprint density at radius 1 is 1.13 bits per heavy atom. The van der Waals surface area contributed by atoms with Crippen LogP contribution >= 0.6 is 0 Å². The average Bonchev–Trinajstić information content (AvgIpc) is 2.76. The van der Waals surface area contributed by atoms with Crippen molar-refractivity contribution < 1.29 is 4.84 Å². The van der Waals surface area contributed by atoms with Gasteiger partial charge in [-0.3, -0.25) is 0 Å². The maximum absolute atomic E-state index is 5.95. The van der Waals surface area contributed by atoms with E-state index >= 15 is 0 Å². The Kier molecular flexibility index (Phi) is 8.25. The van der Waals surface area contributed by atoms with Gasteiger partial charge in [0.05, 0.1) is 0 Å². The Hall–Kier alpha value is -2.20. The van der Waals surface area contributed by atoms with Crippen molar-refractivity contribution in [1.29, 1.82) is 0 Å². The number of hydrogen-bond donors (Lipinski definition) is 1. The summed E-state index contributed by atoms with van der Waals surface area (Å²) in [6.45, 7) is 18.5. The standard InChI is InChI=1S/C27H41N3O/c1-7-29(26-12-8-10-21(4)23(26)6)17-15-28-31-25-14-13-24-11-9-16-30(27(24)18-25)19-22(5)20(2)3/h8,10,12-14,18,20,22,28H,7,9,11,15-17,19H2,1-6H3. The molecule has 1 aliphatic heterocycles. The molecule has 4 nitrogen and oxygen atoms in total. The molecule has 31 heavy (non-hydrogen) atoms. The SMILES string of the molecule is CCN(CCNOc1ccc2c(c1)N(CC(C)C(C)C)CCC2)c1cccc(C)c1C. The van der Waals surface area contributed by atoms with Crippen molar-refractivity contribution in [2.75, 3.05) is 42.5 Å². The van der Waals surface area contributed by atoms with Crippen molar-refractivity contribution in [2.45, 2.75) is 54.4 Å². The molecule has 0 saturated carbocycles. The first-order chi connectivity index (χ1) is 14.9. The highest BCUT2D eigenvalue weighted by Crippen LogP contribution is 2.32. The third-order valence-corrected chi connectivity index (χ3v) is 6.89. The van der Waals surface area contributed by atoms with Crippen LogP contribution in [-0.4, -0.2) is 32.7 Å². The molecule has 2 aromatic rings. The minimum Gasteiger partial charge on any atom is -0.409 e. The van der Waals surface area contributed by atoms with Crippen molar-refractivity contribution in [2.24, 2.45) is 11.8 Å². The molecule has 4 heteroatoms. The molecule has 0 aromatic heterocycles. The molecule has 3 rings (SSSR count). The fraction of sp³-hybridized carbons (Fsp3) is 0.556. The summed E-state index contributed by atoms with van der Waals surface area (Å²) in [6, 6.07) is 13.1. The van der Waals surface area contributed by atoms with E-state index < -0.39 is 0 Å². The smallest absolute Gasteiger partial charge is 0.149 e. The Bertz CT molecular complexity index is 848. The van der Waals surface area contributed by atoms with Crippen molar-refractivity contribution in [3.05, 3.63) is 53.1 Å². The first-order valence-electron chi connectivity index (χ1n) is 12.0. The number of likely N-dealkylation sites (N-methyl/N-ethyl adjacent to an activating group) is 1. The van der Waals surface area contributed by atoms with Crippen LogP contribution < -0.4 is 20.1 Å². The lowest BCUT2D eigenvalue weighted by molar-refractivity contribution is 0.198. The molecule has 0 amide bonds. The van der Waals surface area contributed by atoms with E-state index in [1.165, 1.54) is 34.5 Å². The van der Waals surface area contributed by atoms with Gasteiger partial charge in [-0.25, -0.2) is 0 Å². The lowest BCUT2D eigenvalue weighted by Gasteiger charge is -2.34. The van der Waals surface area contributed by atoms with Gasteiger partial charge in [-0.05, 0) is 74.3 Å². The summed E-state index contributed by atoms with van der Waals surface area (Å²) >= 11 is 0. The summed E-state index contributed by atoms with van der Waals surface area (Å²) in [5.41, 5.74) is 10.00. The second-order valence-electron chi connectivity index (χ2n) is 9.36. The molecule has 0 fully saturated rings. The summed E-state index contributed by atoms with van der Waals surface area (Å²) in [5.74, 6) is 2.28. The highest BCUT2D eigenvalue weighted by Gasteiger charge is 2.20. The number of hydrogen-bond acceptors (Lipinski definition) is 4. The zero-order valence-corrected chi connectivity index (χ0v) is 20.4. The van der Waals surface area contributed by atoms with Gasteiger partial charge in [0.1, 0.15) is 5.75 Å². The van der Waals surface area contributed by atoms with Gasteiger partial charge in [-0.1, -0.05) is 39.0 Å². The van der Waals surface area contributed by atoms with Crippen LogP contribution in [0.2, 0.25) is 0 Å². The van der Waals surface area contributed by atoms with Gasteiger partial charge in [-0.2, -0.15) is 5.48 Å². The normalized spacial score (nSPS) is 14.5. The number of rotatable bonds is 10. The number of fused-ring (bicyclic) bond motifs is 1. The maximum Gasteiger partial charge on any atom is 0.149 e. The van der Waals surface area contributed by atoms with Gasteiger partial charge in [-0.15, -0.1) is 0 Å². The van der Waals surface area contributed by atoms with E-state index in [1.54, 1.807) is 0 Å². The maximum atomic E-state index is 5.95. The molecule has 1 atom stereocenters. The van der Waals surface area contributed by atoms with Crippen LogP contribution in [0.5, 0.6) is 5.75 Å². The van der Waals surface area contributed by atoms with Crippen molar-refractivity contribution in [1.82, 2.24) is 5.48 Å². The second-order valence-corrected chi connectivity index (χ2v) is 9.36. The van der Waals surface area contributed by atoms with Gasteiger partial charge >= 0.3 is 0 Å². The van der Waals surface area contributed by atoms with Crippen LogP contribution in [0.15, 0.2) is 36.4 Å². The Morgan fingerprint density at radius 3 is 2.68 bits per heavy atom. The number of nitrogens with one attached hydrogen (secondary N) is 1. The molecule has 0 spiro atoms. The number of nitrogens with zero attached hydrogens (tertiary/aromatic N) is 2. The van der Waals surface area contributed by atoms with Crippen LogP contribution in [0.1, 0.15) is 50.8 Å². The monoisotopic (exact) mass is 423 g/mol. The Morgan fingerprint density at radius 2 is 1.94 bits per heavy atom. The molecule has 2 aromatic carbocycles. The number of aryl methyl sites for hydroxylation is 2. The van der Waals surface area contributed by atoms with Crippen LogP contribution in [0.4, 0.5) is 11.4 Å². The van der Waals surface area contributed by atoms with Gasteiger partial charge in [0, 0.05) is 50.2 Å². The predicted molar refractivity (Wildman–Crippen MR) is 133 cm³/mol. The van der Waals surface area contributed by atoms with Crippen molar-refractivity contribution in [3.8, 4) is 5.75 Å². The van der Waals surface area contributed by atoms with Crippen molar-refractivity contribution in [3.63, 3.8) is 0 Å². The van der Waals surface area contributed by atoms with Gasteiger partial charge in [0.25, 0.3) is 0 Å². The molecular formula is C27H41N3O. The van der Waals surface area contributed by atoms with E-state index in [0.29, 0.717) is 11.8 Å². The minimum atomic E-state index is 0.679. The first-order valence-corrected chi connectivity index (χ1v) is 12.0. The molecule has 1 heterocycles. The van der Waals surface area contributed by atoms with Crippen LogP contribution in [-0.2, 0) is 6.42 Å². The minimum absolute atomic E-state index is 0.679. The van der Waals surface area contributed by atoms with Crippen molar-refractivity contribution >= 4 is 11.4 Å². The van der Waals surface area contributed by atoms with Gasteiger partial charge in [0.15, 0.2) is 0 Å². The average molecular weight is 424 g/mol. The fourth-order valence-corrected chi connectivity index (χ4v) is 4.28. The zero-order valence-electron chi connectivity index (χ0n) is 20.4. The lowest BCUT2D eigenvalue weighted by Crippen LogP contribution is -2.35. The fourth-order valence-electron chi connectivity index (χ4n) is 4.28. The highest BCUT2D eigenvalue weighted by atomic mass is 16.6. The summed E-state index contributed by atoms with van der Waals surface area (Å²) in [5, 5.41) is 0. The summed E-state index contributed by atoms with van der Waals surface area (Å²) in [4.78, 5) is 10.9. The highest BCUT2D eigenvalue weighted by molar-refractivity contribution is 5.59. The van der Waals surface area contributed by atoms with E-state index in [1.807, 2.05) is 0 Å². The molecule has 0 radical (unpaired) electrons. The summed E-state index contributed by atoms with van der Waals surface area (Å²) in [7, 11) is 0. The molecule has 0 bridgehead atoms. The number of benzene rings is 2. The van der Waals surface area contributed by atoms with E-state index in [0.717, 1.165) is 44.9 Å². The third kappa shape index (κ3) is 5.94. The molecule has 170 valence electrons. The molecule has 1 unspecified atom stereocenters. The van der Waals surface area contributed by atoms with Crippen LogP contribution in [0, 0.1) is 25.7 Å². The summed E-state index contributed by atoms with van der Waals surface area (Å²) < 4.78 is 0. The third-order valence-electron chi connectivity index (χ3n) is 6.89. The van der Waals surface area contributed by atoms with E-state index in [4.69, 9.17) is 4.84 Å². The van der Waals surface area contributed by atoms with Gasteiger partial charge < -0.3 is 14.6 Å². The van der Waals surface area contributed by atoms with E-state index in [-0.39, 0.29) is 0 Å². The second kappa shape index (κ2) is 10.9. The van der Waals surface area contributed by atoms with Crippen LogP contribution in [0.3, 0.4) is 0 Å². The molecule has 0 saturated heterocycles. The van der Waals surface area contributed by atoms with E-state index in [9.17, 15) is 0 Å². The molecule has 1 aliphatic rings. The molecule has 0 aliphatic carbocycles. The lowest BCUT2D eigenvalue weighted by atomic mass is 9.95. The number of hydroxylamine groups is 1. The molecular weight excluding hydrogens is 382 g/mol.